The lowest BCUT2D eigenvalue weighted by atomic mass is 10.0. The van der Waals surface area contributed by atoms with Crippen molar-refractivity contribution in [3.05, 3.63) is 83.4 Å². The van der Waals surface area contributed by atoms with Gasteiger partial charge in [-0.1, -0.05) is 74.3 Å². The molecule has 2 amide bonds. The van der Waals surface area contributed by atoms with E-state index in [0.717, 1.165) is 19.3 Å². The molecule has 0 unspecified atom stereocenters. The van der Waals surface area contributed by atoms with Gasteiger partial charge in [0.25, 0.3) is 10.0 Å². The highest BCUT2D eigenvalue weighted by molar-refractivity contribution is 7.99. The number of benzene rings is 3. The van der Waals surface area contributed by atoms with Crippen molar-refractivity contribution in [3.8, 4) is 11.4 Å². The van der Waals surface area contributed by atoms with Gasteiger partial charge in [-0.15, -0.1) is 10.2 Å². The molecule has 3 aromatic carbocycles. The fraction of sp³-hybridized carbons (Fsp3) is 0.290. The Morgan fingerprint density at radius 1 is 0.977 bits per heavy atom. The van der Waals surface area contributed by atoms with Crippen LogP contribution in [-0.2, 0) is 14.8 Å². The Hall–Kier alpha value is -3.87. The average Bonchev–Trinajstić information content (AvgIpc) is 3.41. The summed E-state index contributed by atoms with van der Waals surface area (Å²) in [4.78, 5) is 24.1. The van der Waals surface area contributed by atoms with E-state index < -0.39 is 15.9 Å². The number of rotatable bonds is 14. The molecule has 13 heteroatoms. The van der Waals surface area contributed by atoms with Crippen molar-refractivity contribution in [1.82, 2.24) is 14.8 Å². The average molecular weight is 655 g/mol. The Morgan fingerprint density at radius 3 is 2.39 bits per heavy atom. The summed E-state index contributed by atoms with van der Waals surface area (Å²) in [5, 5.41) is 12.5. The number of amides is 2. The number of primary amides is 1. The zero-order chi connectivity index (χ0) is 31.9. The molecule has 0 bridgehead atoms. The van der Waals surface area contributed by atoms with Crippen molar-refractivity contribution in [2.45, 2.75) is 56.1 Å². The first-order valence-electron chi connectivity index (χ1n) is 14.1. The van der Waals surface area contributed by atoms with E-state index in [2.05, 4.69) is 41.0 Å². The van der Waals surface area contributed by atoms with Crippen LogP contribution in [0.25, 0.3) is 11.4 Å². The number of aromatic nitrogens is 3. The zero-order valence-electron chi connectivity index (χ0n) is 24.7. The number of hydrogen-bond acceptors (Lipinski definition) is 7. The van der Waals surface area contributed by atoms with Gasteiger partial charge >= 0.3 is 0 Å². The van der Waals surface area contributed by atoms with Gasteiger partial charge in [0.2, 0.25) is 11.8 Å². The molecule has 44 heavy (non-hydrogen) atoms. The number of anilines is 2. The van der Waals surface area contributed by atoms with Gasteiger partial charge in [0.15, 0.2) is 11.0 Å². The Balaban J connectivity index is 1.58. The highest BCUT2D eigenvalue weighted by Gasteiger charge is 2.23. The second kappa shape index (κ2) is 14.7. The normalized spacial score (nSPS) is 12.2. The van der Waals surface area contributed by atoms with E-state index in [-0.39, 0.29) is 33.3 Å². The lowest BCUT2D eigenvalue weighted by molar-refractivity contribution is -0.113. The summed E-state index contributed by atoms with van der Waals surface area (Å²) in [6, 6.07) is 19.4. The van der Waals surface area contributed by atoms with Gasteiger partial charge in [0, 0.05) is 22.9 Å². The van der Waals surface area contributed by atoms with Gasteiger partial charge in [-0.3, -0.25) is 18.9 Å². The third-order valence-corrected chi connectivity index (χ3v) is 9.45. The Labute approximate surface area is 266 Å². The number of hydrogen-bond donors (Lipinski definition) is 3. The maximum absolute atomic E-state index is 13.3. The number of halogens is 1. The summed E-state index contributed by atoms with van der Waals surface area (Å²) in [6.07, 6.45) is 2.89. The molecule has 1 aromatic heterocycles. The van der Waals surface area contributed by atoms with E-state index in [1.807, 2.05) is 4.57 Å². The first kappa shape index (κ1) is 33.0. The van der Waals surface area contributed by atoms with Crippen molar-refractivity contribution < 1.29 is 18.0 Å². The van der Waals surface area contributed by atoms with E-state index in [1.165, 1.54) is 17.8 Å². The minimum Gasteiger partial charge on any atom is -0.366 e. The second-order valence-electron chi connectivity index (χ2n) is 10.7. The minimum absolute atomic E-state index is 0.0211. The van der Waals surface area contributed by atoms with Crippen LogP contribution >= 0.6 is 23.4 Å². The van der Waals surface area contributed by atoms with Crippen LogP contribution in [0, 0.1) is 5.92 Å². The van der Waals surface area contributed by atoms with E-state index in [9.17, 15) is 18.0 Å². The third kappa shape index (κ3) is 8.61. The molecule has 0 aliphatic carbocycles. The number of sulfonamides is 1. The molecule has 0 aliphatic rings. The van der Waals surface area contributed by atoms with Gasteiger partial charge < -0.3 is 11.1 Å². The first-order chi connectivity index (χ1) is 20.9. The molecule has 0 spiro atoms. The highest BCUT2D eigenvalue weighted by atomic mass is 35.5. The summed E-state index contributed by atoms with van der Waals surface area (Å²) in [6.45, 7) is 6.43. The molecule has 4 aromatic rings. The fourth-order valence-electron chi connectivity index (χ4n) is 4.52. The lowest BCUT2D eigenvalue weighted by Gasteiger charge is -2.19. The van der Waals surface area contributed by atoms with Gasteiger partial charge in [-0.2, -0.15) is 0 Å². The van der Waals surface area contributed by atoms with Gasteiger partial charge in [0.1, 0.15) is 0 Å². The van der Waals surface area contributed by atoms with Crippen molar-refractivity contribution in [1.29, 1.82) is 0 Å². The SMILES string of the molecule is CC(C)CCC[C@H](C)n1c(SCC(=O)Nc2ccc(C(N)=O)cc2)nnc1-c1cccc(S(=O)(=O)Nc2ccccc2Cl)c1. The zero-order valence-corrected chi connectivity index (χ0v) is 27.0. The number of para-hydroxylation sites is 1. The van der Waals surface area contributed by atoms with Crippen LogP contribution in [0.5, 0.6) is 0 Å². The molecule has 10 nitrogen and oxygen atoms in total. The molecule has 1 atom stereocenters. The van der Waals surface area contributed by atoms with Gasteiger partial charge in [-0.25, -0.2) is 8.42 Å². The Morgan fingerprint density at radius 2 is 1.70 bits per heavy atom. The maximum Gasteiger partial charge on any atom is 0.261 e. The van der Waals surface area contributed by atoms with Crippen molar-refractivity contribution in [2.24, 2.45) is 11.7 Å². The topological polar surface area (TPSA) is 149 Å². The Bertz CT molecular complexity index is 1730. The van der Waals surface area contributed by atoms with E-state index in [0.29, 0.717) is 33.7 Å². The van der Waals surface area contributed by atoms with Gasteiger partial charge in [-0.05, 0) is 67.8 Å². The molecule has 0 aliphatic heterocycles. The van der Waals surface area contributed by atoms with Gasteiger partial charge in [0.05, 0.1) is 21.4 Å². The minimum atomic E-state index is -3.95. The summed E-state index contributed by atoms with van der Waals surface area (Å²) in [5.41, 5.74) is 7.02. The molecule has 232 valence electrons. The molecule has 0 fully saturated rings. The predicted molar refractivity (Wildman–Crippen MR) is 175 cm³/mol. The van der Waals surface area contributed by atoms with E-state index in [4.69, 9.17) is 17.3 Å². The first-order valence-corrected chi connectivity index (χ1v) is 16.9. The third-order valence-electron chi connectivity index (χ3n) is 6.81. The molecule has 0 saturated carbocycles. The number of carbonyl (C=O) groups is 2. The predicted octanol–water partition coefficient (Wildman–Crippen LogP) is 6.62. The molecular weight excluding hydrogens is 620 g/mol. The molecule has 4 N–H and O–H groups in total. The lowest BCUT2D eigenvalue weighted by Crippen LogP contribution is -2.16. The molecular formula is C31H35ClN6O4S2. The van der Waals surface area contributed by atoms with E-state index in [1.54, 1.807) is 66.7 Å². The van der Waals surface area contributed by atoms with Crippen LogP contribution < -0.4 is 15.8 Å². The van der Waals surface area contributed by atoms with E-state index >= 15 is 0 Å². The quantitative estimate of drug-likeness (QED) is 0.129. The van der Waals surface area contributed by atoms with Crippen LogP contribution in [0.1, 0.15) is 56.4 Å². The number of carbonyl (C=O) groups excluding carboxylic acids is 2. The van der Waals surface area contributed by atoms with Crippen LogP contribution in [0.4, 0.5) is 11.4 Å². The number of nitrogens with two attached hydrogens (primary N) is 1. The van der Waals surface area contributed by atoms with Crippen molar-refractivity contribution in [2.75, 3.05) is 15.8 Å². The molecule has 4 rings (SSSR count). The van der Waals surface area contributed by atoms with Crippen LogP contribution in [0.15, 0.2) is 82.8 Å². The van der Waals surface area contributed by atoms with Crippen LogP contribution in [-0.4, -0.2) is 40.7 Å². The molecule has 1 heterocycles. The smallest absolute Gasteiger partial charge is 0.261 e. The summed E-state index contributed by atoms with van der Waals surface area (Å²) >= 11 is 7.42. The maximum atomic E-state index is 13.3. The highest BCUT2D eigenvalue weighted by Crippen LogP contribution is 2.32. The second-order valence-corrected chi connectivity index (χ2v) is 13.8. The summed E-state index contributed by atoms with van der Waals surface area (Å²) in [7, 11) is -3.95. The molecule has 0 radical (unpaired) electrons. The summed E-state index contributed by atoms with van der Waals surface area (Å²) in [5.74, 6) is 0.316. The van der Waals surface area contributed by atoms with Crippen molar-refractivity contribution >= 4 is 56.6 Å². The van der Waals surface area contributed by atoms with Crippen LogP contribution in [0.2, 0.25) is 5.02 Å². The Kier molecular flexibility index (Phi) is 11.1. The molecule has 0 saturated heterocycles. The summed E-state index contributed by atoms with van der Waals surface area (Å²) < 4.78 is 31.0. The monoisotopic (exact) mass is 654 g/mol. The standard InChI is InChI=1S/C31H35ClN6O4S2/c1-20(2)8-6-9-21(3)38-30(23-10-7-11-25(18-23)44(41,42)37-27-13-5-4-12-26(27)32)35-36-31(38)43-19-28(39)34-24-16-14-22(15-17-24)29(33)40/h4-5,7,10-18,20-21,37H,6,8-9,19H2,1-3H3,(H2,33,40)(H,34,39)/t21-/m0/s1. The fourth-order valence-corrected chi connectivity index (χ4v) is 6.72. The number of nitrogens with one attached hydrogen (secondary N) is 2. The van der Waals surface area contributed by atoms with Crippen molar-refractivity contribution in [3.63, 3.8) is 0 Å². The number of thioether (sulfide) groups is 1. The largest absolute Gasteiger partial charge is 0.366 e. The van der Waals surface area contributed by atoms with Crippen LogP contribution in [0.3, 0.4) is 0 Å². The number of nitrogens with zero attached hydrogens (tertiary/aromatic N) is 3.